The van der Waals surface area contributed by atoms with Crippen molar-refractivity contribution in [2.24, 2.45) is 17.4 Å². The summed E-state index contributed by atoms with van der Waals surface area (Å²) in [6.07, 6.45) is 0.926. The molecule has 4 N–H and O–H groups in total. The van der Waals surface area contributed by atoms with Crippen LogP contribution in [0.25, 0.3) is 0 Å². The van der Waals surface area contributed by atoms with Gasteiger partial charge in [-0.15, -0.1) is 0 Å². The van der Waals surface area contributed by atoms with Crippen LogP contribution in [0.1, 0.15) is 24.9 Å². The summed E-state index contributed by atoms with van der Waals surface area (Å²) in [6.45, 7) is 3.08. The van der Waals surface area contributed by atoms with Gasteiger partial charge in [0, 0.05) is 6.04 Å². The molecule has 1 aromatic carbocycles. The van der Waals surface area contributed by atoms with Gasteiger partial charge in [-0.05, 0) is 36.6 Å². The van der Waals surface area contributed by atoms with Gasteiger partial charge in [-0.3, -0.25) is 0 Å². The third kappa shape index (κ3) is 2.13. The first-order chi connectivity index (χ1) is 7.72. The Bertz CT molecular complexity index is 368. The lowest BCUT2D eigenvalue weighted by Crippen LogP contribution is -2.21. The van der Waals surface area contributed by atoms with E-state index in [0.717, 1.165) is 23.5 Å². The lowest BCUT2D eigenvalue weighted by Gasteiger charge is -2.19. The molecule has 0 aromatic heterocycles. The Morgan fingerprint density at radius 2 is 2.06 bits per heavy atom. The summed E-state index contributed by atoms with van der Waals surface area (Å²) in [5.41, 5.74) is 12.8. The van der Waals surface area contributed by atoms with Gasteiger partial charge in [0.25, 0.3) is 0 Å². The van der Waals surface area contributed by atoms with E-state index in [9.17, 15) is 0 Å². The van der Waals surface area contributed by atoms with Gasteiger partial charge < -0.3 is 20.9 Å². The second-order valence-electron chi connectivity index (χ2n) is 4.19. The molecular weight excluding hydrogens is 204 g/mol. The van der Waals surface area contributed by atoms with E-state index in [1.54, 1.807) is 0 Å². The van der Waals surface area contributed by atoms with E-state index in [-0.39, 0.29) is 6.04 Å². The van der Waals surface area contributed by atoms with Gasteiger partial charge in [0.1, 0.15) is 0 Å². The molecule has 0 bridgehead atoms. The van der Waals surface area contributed by atoms with Crippen LogP contribution in [0, 0.1) is 5.92 Å². The molecule has 1 aliphatic rings. The SMILES string of the molecule is CC(CCN)C(N)c1ccc2c(c1)OCO2. The first kappa shape index (κ1) is 11.2. The quantitative estimate of drug-likeness (QED) is 0.807. The molecule has 0 amide bonds. The molecular formula is C12H18N2O2. The molecule has 2 unspecified atom stereocenters. The topological polar surface area (TPSA) is 70.5 Å². The zero-order chi connectivity index (χ0) is 11.5. The van der Waals surface area contributed by atoms with Crippen molar-refractivity contribution in [3.63, 3.8) is 0 Å². The lowest BCUT2D eigenvalue weighted by atomic mass is 9.92. The van der Waals surface area contributed by atoms with E-state index in [2.05, 4.69) is 6.92 Å². The maximum Gasteiger partial charge on any atom is 0.231 e. The smallest absolute Gasteiger partial charge is 0.231 e. The Kier molecular flexibility index (Phi) is 3.31. The molecule has 0 saturated carbocycles. The number of rotatable bonds is 4. The number of fused-ring (bicyclic) bond motifs is 1. The molecule has 0 fully saturated rings. The standard InChI is InChI=1S/C12H18N2O2/c1-8(4-5-13)12(14)9-2-3-10-11(6-9)16-7-15-10/h2-3,6,8,12H,4-5,7,13-14H2,1H3. The van der Waals surface area contributed by atoms with Gasteiger partial charge in [-0.1, -0.05) is 13.0 Å². The Morgan fingerprint density at radius 1 is 1.31 bits per heavy atom. The predicted octanol–water partition coefficient (Wildman–Crippen LogP) is 1.40. The third-order valence-corrected chi connectivity index (χ3v) is 3.02. The largest absolute Gasteiger partial charge is 0.454 e. The van der Waals surface area contributed by atoms with E-state index in [1.807, 2.05) is 18.2 Å². The van der Waals surface area contributed by atoms with E-state index in [4.69, 9.17) is 20.9 Å². The summed E-state index contributed by atoms with van der Waals surface area (Å²) in [5.74, 6) is 1.95. The monoisotopic (exact) mass is 222 g/mol. The number of ether oxygens (including phenoxy) is 2. The maximum absolute atomic E-state index is 6.17. The highest BCUT2D eigenvalue weighted by molar-refractivity contribution is 5.45. The maximum atomic E-state index is 6.17. The molecule has 16 heavy (non-hydrogen) atoms. The summed E-state index contributed by atoms with van der Waals surface area (Å²) in [7, 11) is 0. The molecule has 2 atom stereocenters. The second kappa shape index (κ2) is 4.72. The molecule has 0 spiro atoms. The van der Waals surface area contributed by atoms with Crippen LogP contribution in [-0.2, 0) is 0 Å². The molecule has 1 aromatic rings. The van der Waals surface area contributed by atoms with Gasteiger partial charge >= 0.3 is 0 Å². The predicted molar refractivity (Wildman–Crippen MR) is 62.3 cm³/mol. The molecule has 4 nitrogen and oxygen atoms in total. The summed E-state index contributed by atoms with van der Waals surface area (Å²) in [6, 6.07) is 5.86. The average molecular weight is 222 g/mol. The van der Waals surface area contributed by atoms with Gasteiger partial charge in [0.2, 0.25) is 6.79 Å². The number of hydrogen-bond donors (Lipinski definition) is 2. The van der Waals surface area contributed by atoms with E-state index < -0.39 is 0 Å². The van der Waals surface area contributed by atoms with Crippen molar-refractivity contribution in [1.82, 2.24) is 0 Å². The fourth-order valence-electron chi connectivity index (χ4n) is 1.89. The normalized spacial score (nSPS) is 17.2. The van der Waals surface area contributed by atoms with Crippen molar-refractivity contribution < 1.29 is 9.47 Å². The van der Waals surface area contributed by atoms with Crippen LogP contribution in [0.5, 0.6) is 11.5 Å². The van der Waals surface area contributed by atoms with Crippen LogP contribution < -0.4 is 20.9 Å². The van der Waals surface area contributed by atoms with Crippen LogP contribution in [-0.4, -0.2) is 13.3 Å². The van der Waals surface area contributed by atoms with E-state index in [1.165, 1.54) is 0 Å². The number of benzene rings is 1. The molecule has 1 aliphatic heterocycles. The fourth-order valence-corrected chi connectivity index (χ4v) is 1.89. The van der Waals surface area contributed by atoms with Gasteiger partial charge in [-0.2, -0.15) is 0 Å². The van der Waals surface area contributed by atoms with Crippen LogP contribution in [0.4, 0.5) is 0 Å². The molecule has 4 heteroatoms. The summed E-state index contributed by atoms with van der Waals surface area (Å²) in [4.78, 5) is 0. The Morgan fingerprint density at radius 3 is 2.81 bits per heavy atom. The molecule has 88 valence electrons. The number of nitrogens with two attached hydrogens (primary N) is 2. The minimum absolute atomic E-state index is 0.00181. The van der Waals surface area contributed by atoms with Gasteiger partial charge in [-0.25, -0.2) is 0 Å². The van der Waals surface area contributed by atoms with Crippen molar-refractivity contribution >= 4 is 0 Å². The first-order valence-corrected chi connectivity index (χ1v) is 5.57. The highest BCUT2D eigenvalue weighted by Crippen LogP contribution is 2.35. The summed E-state index contributed by atoms with van der Waals surface area (Å²) >= 11 is 0. The Hall–Kier alpha value is -1.26. The highest BCUT2D eigenvalue weighted by Gasteiger charge is 2.19. The summed E-state index contributed by atoms with van der Waals surface area (Å²) in [5, 5.41) is 0. The van der Waals surface area contributed by atoms with E-state index >= 15 is 0 Å². The molecule has 0 saturated heterocycles. The van der Waals surface area contributed by atoms with Crippen molar-refractivity contribution in [2.45, 2.75) is 19.4 Å². The van der Waals surface area contributed by atoms with Crippen molar-refractivity contribution in [1.29, 1.82) is 0 Å². The van der Waals surface area contributed by atoms with Crippen LogP contribution in [0.3, 0.4) is 0 Å². The second-order valence-corrected chi connectivity index (χ2v) is 4.19. The summed E-state index contributed by atoms with van der Waals surface area (Å²) < 4.78 is 10.6. The molecule has 1 heterocycles. The highest BCUT2D eigenvalue weighted by atomic mass is 16.7. The van der Waals surface area contributed by atoms with Crippen molar-refractivity contribution in [3.05, 3.63) is 23.8 Å². The first-order valence-electron chi connectivity index (χ1n) is 5.57. The Labute approximate surface area is 95.5 Å². The van der Waals surface area contributed by atoms with Crippen LogP contribution in [0.15, 0.2) is 18.2 Å². The zero-order valence-electron chi connectivity index (χ0n) is 9.48. The average Bonchev–Trinajstić information content (AvgIpc) is 2.75. The fraction of sp³-hybridized carbons (Fsp3) is 0.500. The van der Waals surface area contributed by atoms with Gasteiger partial charge in [0.15, 0.2) is 11.5 Å². The minimum Gasteiger partial charge on any atom is -0.454 e. The van der Waals surface area contributed by atoms with Crippen LogP contribution >= 0.6 is 0 Å². The van der Waals surface area contributed by atoms with Gasteiger partial charge in [0.05, 0.1) is 0 Å². The van der Waals surface area contributed by atoms with Crippen molar-refractivity contribution in [3.8, 4) is 11.5 Å². The molecule has 2 rings (SSSR count). The molecule has 0 aliphatic carbocycles. The third-order valence-electron chi connectivity index (χ3n) is 3.02. The minimum atomic E-state index is -0.00181. The van der Waals surface area contributed by atoms with Crippen LogP contribution in [0.2, 0.25) is 0 Å². The van der Waals surface area contributed by atoms with E-state index in [0.29, 0.717) is 19.3 Å². The molecule has 0 radical (unpaired) electrons. The number of hydrogen-bond acceptors (Lipinski definition) is 4. The zero-order valence-corrected chi connectivity index (χ0v) is 9.48. The Balaban J connectivity index is 2.14. The van der Waals surface area contributed by atoms with Crippen molar-refractivity contribution in [2.75, 3.05) is 13.3 Å². The lowest BCUT2D eigenvalue weighted by molar-refractivity contribution is 0.174.